The summed E-state index contributed by atoms with van der Waals surface area (Å²) in [4.78, 5) is 21.3. The minimum absolute atomic E-state index is 0.0721. The number of carbonyl (C=O) groups is 2. The second-order valence-corrected chi connectivity index (χ2v) is 3.53. The molecule has 0 bridgehead atoms. The fourth-order valence-corrected chi connectivity index (χ4v) is 1.88. The standard InChI is InChI=1S/C8H8O5S/c1-3-4(9)6(8(12)13-2)14-5(3)7(10)11/h9H,1-2H3,(H,10,11)/p-1. The lowest BCUT2D eigenvalue weighted by molar-refractivity contribution is -0.269. The highest BCUT2D eigenvalue weighted by molar-refractivity contribution is 7.16. The van der Waals surface area contributed by atoms with Gasteiger partial charge in [-0.1, -0.05) is 5.75 Å². The number of methoxy groups -OCH3 is 1. The summed E-state index contributed by atoms with van der Waals surface area (Å²) in [5, 5.41) is 20.0. The normalized spacial score (nSPS) is 9.86. The van der Waals surface area contributed by atoms with Crippen molar-refractivity contribution in [3.05, 3.63) is 15.3 Å². The molecule has 14 heavy (non-hydrogen) atoms. The monoisotopic (exact) mass is 215 g/mol. The van der Waals surface area contributed by atoms with Crippen LogP contribution < -0.4 is 5.11 Å². The van der Waals surface area contributed by atoms with E-state index in [1.807, 2.05) is 0 Å². The first-order chi connectivity index (χ1) is 6.49. The summed E-state index contributed by atoms with van der Waals surface area (Å²) in [5.74, 6) is -2.57. The quantitative estimate of drug-likeness (QED) is 0.730. The fraction of sp³-hybridized carbons (Fsp3) is 0.250. The molecule has 0 amide bonds. The minimum atomic E-state index is -1.21. The number of hydrogen-bond donors (Lipinski definition) is 1. The molecule has 0 aliphatic heterocycles. The Morgan fingerprint density at radius 1 is 1.43 bits per heavy atom. The highest BCUT2D eigenvalue weighted by Crippen LogP contribution is 2.32. The SMILES string of the molecule is COC(=O)c1sc(C(=O)O)c(C)c1[O-]. The number of carboxylic acid groups (broad SMARTS) is 1. The van der Waals surface area contributed by atoms with Gasteiger partial charge in [0.1, 0.15) is 9.75 Å². The van der Waals surface area contributed by atoms with Crippen molar-refractivity contribution >= 4 is 23.3 Å². The Labute approximate surface area is 83.6 Å². The molecule has 1 heterocycles. The average molecular weight is 215 g/mol. The van der Waals surface area contributed by atoms with Crippen LogP contribution in [-0.4, -0.2) is 24.2 Å². The lowest BCUT2D eigenvalue weighted by atomic mass is 10.2. The van der Waals surface area contributed by atoms with E-state index in [1.165, 1.54) is 6.92 Å². The van der Waals surface area contributed by atoms with Crippen molar-refractivity contribution in [3.8, 4) is 5.75 Å². The molecule has 1 aromatic heterocycles. The largest absolute Gasteiger partial charge is 0.871 e. The molecule has 0 spiro atoms. The zero-order valence-corrected chi connectivity index (χ0v) is 8.30. The summed E-state index contributed by atoms with van der Waals surface area (Å²) in [6.45, 7) is 1.37. The summed E-state index contributed by atoms with van der Waals surface area (Å²) in [6.07, 6.45) is 0. The van der Waals surface area contributed by atoms with E-state index in [1.54, 1.807) is 0 Å². The van der Waals surface area contributed by atoms with E-state index in [4.69, 9.17) is 5.11 Å². The molecular formula is C8H7O5S-. The number of aromatic carboxylic acids is 1. The number of carbonyl (C=O) groups excluding carboxylic acids is 1. The van der Waals surface area contributed by atoms with E-state index in [-0.39, 0.29) is 15.3 Å². The molecule has 0 saturated heterocycles. The molecular weight excluding hydrogens is 208 g/mol. The Hall–Kier alpha value is -1.56. The highest BCUT2D eigenvalue weighted by Gasteiger charge is 2.18. The molecule has 0 saturated carbocycles. The van der Waals surface area contributed by atoms with Crippen LogP contribution in [0.4, 0.5) is 0 Å². The molecule has 1 aromatic rings. The molecule has 0 fully saturated rings. The number of carboxylic acids is 1. The van der Waals surface area contributed by atoms with Crippen LogP contribution >= 0.6 is 11.3 Å². The van der Waals surface area contributed by atoms with Gasteiger partial charge in [-0.15, -0.1) is 11.3 Å². The molecule has 0 unspecified atom stereocenters. The predicted octanol–water partition coefficient (Wildman–Crippen LogP) is 0.615. The van der Waals surface area contributed by atoms with Crippen molar-refractivity contribution in [2.45, 2.75) is 6.92 Å². The van der Waals surface area contributed by atoms with E-state index < -0.39 is 17.7 Å². The molecule has 0 radical (unpaired) electrons. The van der Waals surface area contributed by atoms with Crippen molar-refractivity contribution in [3.63, 3.8) is 0 Å². The maximum Gasteiger partial charge on any atom is 0.347 e. The molecule has 0 aliphatic rings. The molecule has 5 nitrogen and oxygen atoms in total. The predicted molar refractivity (Wildman–Crippen MR) is 46.8 cm³/mol. The second-order valence-electron chi connectivity index (χ2n) is 2.51. The summed E-state index contributed by atoms with van der Waals surface area (Å²) in [7, 11) is 1.14. The van der Waals surface area contributed by atoms with Gasteiger partial charge in [0.15, 0.2) is 0 Å². The molecule has 1 N–H and O–H groups in total. The smallest absolute Gasteiger partial charge is 0.347 e. The highest BCUT2D eigenvalue weighted by atomic mass is 32.1. The van der Waals surface area contributed by atoms with Crippen LogP contribution in [0.25, 0.3) is 0 Å². The first-order valence-corrected chi connectivity index (χ1v) is 4.42. The van der Waals surface area contributed by atoms with Gasteiger partial charge in [-0.05, 0) is 12.5 Å². The Kier molecular flexibility index (Phi) is 2.76. The van der Waals surface area contributed by atoms with Gasteiger partial charge in [0, 0.05) is 0 Å². The summed E-state index contributed by atoms with van der Waals surface area (Å²) < 4.78 is 4.34. The van der Waals surface area contributed by atoms with Crippen LogP contribution in [0, 0.1) is 6.92 Å². The third-order valence-corrected chi connectivity index (χ3v) is 2.90. The molecule has 76 valence electrons. The van der Waals surface area contributed by atoms with Crippen LogP contribution in [0.15, 0.2) is 0 Å². The molecule has 6 heteroatoms. The van der Waals surface area contributed by atoms with Crippen LogP contribution in [0.5, 0.6) is 5.75 Å². The average Bonchev–Trinajstić information content (AvgIpc) is 2.43. The minimum Gasteiger partial charge on any atom is -0.871 e. The summed E-state index contributed by atoms with van der Waals surface area (Å²) in [5.41, 5.74) is 0.0721. The van der Waals surface area contributed by atoms with Gasteiger partial charge in [-0.2, -0.15) is 0 Å². The van der Waals surface area contributed by atoms with Crippen LogP contribution in [0.2, 0.25) is 0 Å². The number of esters is 1. The number of rotatable bonds is 2. The summed E-state index contributed by atoms with van der Waals surface area (Å²) in [6, 6.07) is 0. The van der Waals surface area contributed by atoms with Crippen molar-refractivity contribution in [2.24, 2.45) is 0 Å². The van der Waals surface area contributed by atoms with Gasteiger partial charge in [-0.25, -0.2) is 9.59 Å². The van der Waals surface area contributed by atoms with Crippen molar-refractivity contribution in [1.29, 1.82) is 0 Å². The lowest BCUT2D eigenvalue weighted by Crippen LogP contribution is -2.03. The van der Waals surface area contributed by atoms with Crippen molar-refractivity contribution < 1.29 is 24.5 Å². The third kappa shape index (κ3) is 1.56. The number of hydrogen-bond acceptors (Lipinski definition) is 5. The van der Waals surface area contributed by atoms with E-state index in [0.29, 0.717) is 11.3 Å². The fourth-order valence-electron chi connectivity index (χ4n) is 0.929. The molecule has 0 aliphatic carbocycles. The van der Waals surface area contributed by atoms with Gasteiger partial charge in [0.2, 0.25) is 0 Å². The van der Waals surface area contributed by atoms with E-state index in [9.17, 15) is 14.7 Å². The summed E-state index contributed by atoms with van der Waals surface area (Å²) >= 11 is 0.640. The van der Waals surface area contributed by atoms with Gasteiger partial charge in [0.05, 0.1) is 7.11 Å². The Morgan fingerprint density at radius 3 is 2.36 bits per heavy atom. The maximum atomic E-state index is 11.3. The van der Waals surface area contributed by atoms with Crippen LogP contribution in [0.1, 0.15) is 24.9 Å². The topological polar surface area (TPSA) is 86.7 Å². The lowest BCUT2D eigenvalue weighted by Gasteiger charge is -2.06. The van der Waals surface area contributed by atoms with Crippen molar-refractivity contribution in [2.75, 3.05) is 7.11 Å². The number of ether oxygens (including phenoxy) is 1. The third-order valence-electron chi connectivity index (χ3n) is 1.66. The maximum absolute atomic E-state index is 11.3. The van der Waals surface area contributed by atoms with Gasteiger partial charge in [-0.3, -0.25) is 0 Å². The molecule has 0 aromatic carbocycles. The van der Waals surface area contributed by atoms with E-state index in [2.05, 4.69) is 4.74 Å². The zero-order chi connectivity index (χ0) is 10.9. The van der Waals surface area contributed by atoms with Gasteiger partial charge in [0.25, 0.3) is 0 Å². The van der Waals surface area contributed by atoms with E-state index >= 15 is 0 Å². The van der Waals surface area contributed by atoms with Crippen molar-refractivity contribution in [1.82, 2.24) is 0 Å². The number of thiophene rings is 1. The Bertz CT molecular complexity index is 393. The molecule has 1 rings (SSSR count). The first-order valence-electron chi connectivity index (χ1n) is 3.61. The van der Waals surface area contributed by atoms with Gasteiger partial charge >= 0.3 is 11.9 Å². The Balaban J connectivity index is 3.28. The molecule has 0 atom stereocenters. The first kappa shape index (κ1) is 10.5. The van der Waals surface area contributed by atoms with Crippen LogP contribution in [0.3, 0.4) is 0 Å². The van der Waals surface area contributed by atoms with E-state index in [0.717, 1.165) is 7.11 Å². The van der Waals surface area contributed by atoms with Gasteiger partial charge < -0.3 is 14.9 Å². The zero-order valence-electron chi connectivity index (χ0n) is 7.49. The second kappa shape index (κ2) is 3.67. The van der Waals surface area contributed by atoms with Crippen LogP contribution in [-0.2, 0) is 4.74 Å². The Morgan fingerprint density at radius 2 is 2.00 bits per heavy atom.